The Bertz CT molecular complexity index is 381. The quantitative estimate of drug-likeness (QED) is 0.593. The van der Waals surface area contributed by atoms with Gasteiger partial charge in [-0.15, -0.1) is 0 Å². The van der Waals surface area contributed by atoms with Gasteiger partial charge in [0, 0.05) is 6.42 Å². The Morgan fingerprint density at radius 2 is 1.88 bits per heavy atom. The van der Waals surface area contributed by atoms with E-state index in [2.05, 4.69) is 0 Å². The molecule has 1 aliphatic rings. The van der Waals surface area contributed by atoms with Crippen molar-refractivity contribution in [3.63, 3.8) is 0 Å². The van der Waals surface area contributed by atoms with E-state index in [0.717, 1.165) is 12.8 Å². The summed E-state index contributed by atoms with van der Waals surface area (Å²) in [5.74, 6) is 1.48. The first-order valence-electron chi connectivity index (χ1n) is 6.13. The highest BCUT2D eigenvalue weighted by Gasteiger charge is 2.20. The number of hydrogen-bond donors (Lipinski definition) is 0. The summed E-state index contributed by atoms with van der Waals surface area (Å²) in [5.41, 5.74) is 0. The molecule has 0 unspecified atom stereocenters. The van der Waals surface area contributed by atoms with Crippen molar-refractivity contribution in [3.05, 3.63) is 24.3 Å². The number of esters is 1. The van der Waals surface area contributed by atoms with Crippen LogP contribution in [0, 0.1) is 5.92 Å². The van der Waals surface area contributed by atoms with Crippen molar-refractivity contribution in [2.24, 2.45) is 5.92 Å². The lowest BCUT2D eigenvalue weighted by atomic mass is 10.0. The van der Waals surface area contributed by atoms with Gasteiger partial charge in [-0.3, -0.25) is 4.79 Å². The number of carbonyl (C=O) groups excluding carboxylic acids is 1. The number of ether oxygens (including phenoxy) is 2. The van der Waals surface area contributed by atoms with Crippen LogP contribution in [0.5, 0.6) is 11.5 Å². The number of benzene rings is 1. The molecular formula is C14H18O3. The van der Waals surface area contributed by atoms with E-state index < -0.39 is 0 Å². The molecule has 0 spiro atoms. The van der Waals surface area contributed by atoms with E-state index in [-0.39, 0.29) is 5.97 Å². The second-order valence-corrected chi connectivity index (χ2v) is 4.48. The predicted octanol–water partition coefficient (Wildman–Crippen LogP) is 3.18. The summed E-state index contributed by atoms with van der Waals surface area (Å²) in [4.78, 5) is 11.8. The monoisotopic (exact) mass is 234 g/mol. The van der Waals surface area contributed by atoms with Gasteiger partial charge in [0.15, 0.2) is 11.5 Å². The summed E-state index contributed by atoms with van der Waals surface area (Å²) < 4.78 is 10.5. The fourth-order valence-electron chi connectivity index (χ4n) is 2.32. The van der Waals surface area contributed by atoms with Crippen molar-refractivity contribution < 1.29 is 14.3 Å². The van der Waals surface area contributed by atoms with Crippen LogP contribution in [0.1, 0.15) is 32.1 Å². The normalized spacial score (nSPS) is 15.8. The first-order valence-corrected chi connectivity index (χ1v) is 6.13. The highest BCUT2D eigenvalue weighted by Crippen LogP contribution is 2.30. The third-order valence-electron chi connectivity index (χ3n) is 3.22. The molecule has 0 aromatic heterocycles. The second-order valence-electron chi connectivity index (χ2n) is 4.48. The molecule has 1 saturated carbocycles. The molecule has 0 N–H and O–H groups in total. The summed E-state index contributed by atoms with van der Waals surface area (Å²) in [6.07, 6.45) is 5.32. The molecule has 1 aromatic rings. The predicted molar refractivity (Wildman–Crippen MR) is 65.2 cm³/mol. The van der Waals surface area contributed by atoms with Crippen LogP contribution in [0.3, 0.4) is 0 Å². The van der Waals surface area contributed by atoms with Crippen molar-refractivity contribution >= 4 is 5.97 Å². The highest BCUT2D eigenvalue weighted by molar-refractivity contribution is 5.73. The summed E-state index contributed by atoms with van der Waals surface area (Å²) in [7, 11) is 1.57. The van der Waals surface area contributed by atoms with Gasteiger partial charge >= 0.3 is 5.97 Å². The largest absolute Gasteiger partial charge is 0.493 e. The molecule has 3 nitrogen and oxygen atoms in total. The van der Waals surface area contributed by atoms with Crippen molar-refractivity contribution in [2.45, 2.75) is 32.1 Å². The zero-order chi connectivity index (χ0) is 12.1. The van der Waals surface area contributed by atoms with Gasteiger partial charge in [-0.2, -0.15) is 0 Å². The molecule has 1 aromatic carbocycles. The van der Waals surface area contributed by atoms with Crippen molar-refractivity contribution in [1.82, 2.24) is 0 Å². The van der Waals surface area contributed by atoms with Crippen LogP contribution in [0.4, 0.5) is 0 Å². The summed E-state index contributed by atoms with van der Waals surface area (Å²) >= 11 is 0. The molecule has 3 heteroatoms. The van der Waals surface area contributed by atoms with Crippen LogP contribution >= 0.6 is 0 Å². The fourth-order valence-corrected chi connectivity index (χ4v) is 2.32. The standard InChI is InChI=1S/C14H18O3/c1-16-12-8-4-5-9-13(12)17-14(15)10-11-6-2-3-7-11/h4-5,8-9,11H,2-3,6-7,10H2,1H3. The SMILES string of the molecule is COc1ccccc1OC(=O)CC1CCCC1. The maximum atomic E-state index is 11.8. The molecule has 92 valence electrons. The lowest BCUT2D eigenvalue weighted by molar-refractivity contribution is -0.135. The fraction of sp³-hybridized carbons (Fsp3) is 0.500. The van der Waals surface area contributed by atoms with Gasteiger partial charge in [0.1, 0.15) is 0 Å². The van der Waals surface area contributed by atoms with Gasteiger partial charge in [-0.25, -0.2) is 0 Å². The molecule has 0 heterocycles. The van der Waals surface area contributed by atoms with Crippen LogP contribution in [0.15, 0.2) is 24.3 Å². The molecular weight excluding hydrogens is 216 g/mol. The molecule has 0 saturated heterocycles. The Morgan fingerprint density at radius 1 is 1.24 bits per heavy atom. The first-order chi connectivity index (χ1) is 8.29. The van der Waals surface area contributed by atoms with E-state index in [1.54, 1.807) is 19.2 Å². The van der Waals surface area contributed by atoms with E-state index >= 15 is 0 Å². The Labute approximate surface area is 102 Å². The Kier molecular flexibility index (Phi) is 4.02. The Balaban J connectivity index is 1.92. The average Bonchev–Trinajstić information content (AvgIpc) is 2.82. The van der Waals surface area contributed by atoms with Crippen molar-refractivity contribution in [1.29, 1.82) is 0 Å². The highest BCUT2D eigenvalue weighted by atomic mass is 16.6. The molecule has 0 radical (unpaired) electrons. The number of hydrogen-bond acceptors (Lipinski definition) is 3. The van der Waals surface area contributed by atoms with Crippen molar-refractivity contribution in [2.75, 3.05) is 7.11 Å². The summed E-state index contributed by atoms with van der Waals surface area (Å²) in [6, 6.07) is 7.23. The average molecular weight is 234 g/mol. The molecule has 0 aliphatic heterocycles. The van der Waals surface area contributed by atoms with Gasteiger partial charge in [-0.05, 0) is 30.9 Å². The zero-order valence-corrected chi connectivity index (χ0v) is 10.1. The lowest BCUT2D eigenvalue weighted by Gasteiger charge is -2.11. The van der Waals surface area contributed by atoms with Crippen LogP contribution in [0.25, 0.3) is 0 Å². The number of carbonyl (C=O) groups is 1. The van der Waals surface area contributed by atoms with E-state index in [1.807, 2.05) is 12.1 Å². The lowest BCUT2D eigenvalue weighted by Crippen LogP contribution is -2.12. The van der Waals surface area contributed by atoms with Gasteiger partial charge in [0.25, 0.3) is 0 Å². The van der Waals surface area contributed by atoms with Crippen molar-refractivity contribution in [3.8, 4) is 11.5 Å². The van der Waals surface area contributed by atoms with Crippen LogP contribution in [-0.4, -0.2) is 13.1 Å². The Morgan fingerprint density at radius 3 is 2.53 bits per heavy atom. The third-order valence-corrected chi connectivity index (χ3v) is 3.22. The second kappa shape index (κ2) is 5.71. The minimum Gasteiger partial charge on any atom is -0.493 e. The van der Waals surface area contributed by atoms with Crippen LogP contribution in [0.2, 0.25) is 0 Å². The molecule has 1 fully saturated rings. The molecule has 0 bridgehead atoms. The third kappa shape index (κ3) is 3.22. The van der Waals surface area contributed by atoms with Crippen LogP contribution < -0.4 is 9.47 Å². The number of methoxy groups -OCH3 is 1. The zero-order valence-electron chi connectivity index (χ0n) is 10.1. The molecule has 0 atom stereocenters. The minimum absolute atomic E-state index is 0.151. The van der Waals surface area contributed by atoms with Gasteiger partial charge in [0.05, 0.1) is 7.11 Å². The van der Waals surface area contributed by atoms with Gasteiger partial charge in [-0.1, -0.05) is 25.0 Å². The molecule has 17 heavy (non-hydrogen) atoms. The van der Waals surface area contributed by atoms with Crippen LogP contribution in [-0.2, 0) is 4.79 Å². The van der Waals surface area contributed by atoms with E-state index in [1.165, 1.54) is 12.8 Å². The molecule has 0 amide bonds. The molecule has 2 rings (SSSR count). The molecule has 1 aliphatic carbocycles. The van der Waals surface area contributed by atoms with Gasteiger partial charge < -0.3 is 9.47 Å². The maximum absolute atomic E-state index is 11.8. The summed E-state index contributed by atoms with van der Waals surface area (Å²) in [6.45, 7) is 0. The first kappa shape index (κ1) is 12.0. The number of para-hydroxylation sites is 2. The summed E-state index contributed by atoms with van der Waals surface area (Å²) in [5, 5.41) is 0. The Hall–Kier alpha value is -1.51. The van der Waals surface area contributed by atoms with Gasteiger partial charge in [0.2, 0.25) is 0 Å². The minimum atomic E-state index is -0.151. The van der Waals surface area contributed by atoms with E-state index in [9.17, 15) is 4.79 Å². The van der Waals surface area contributed by atoms with E-state index in [0.29, 0.717) is 23.8 Å². The topological polar surface area (TPSA) is 35.5 Å². The number of rotatable bonds is 4. The van der Waals surface area contributed by atoms with E-state index in [4.69, 9.17) is 9.47 Å². The maximum Gasteiger partial charge on any atom is 0.311 e. The smallest absolute Gasteiger partial charge is 0.311 e.